The van der Waals surface area contributed by atoms with E-state index in [0.717, 1.165) is 0 Å². The van der Waals surface area contributed by atoms with Crippen LogP contribution >= 0.6 is 0 Å². The number of rotatable bonds is 3. The Hall–Kier alpha value is -1.89. The minimum atomic E-state index is -3.37. The van der Waals surface area contributed by atoms with Crippen molar-refractivity contribution in [3.05, 3.63) is 35.4 Å². The third kappa shape index (κ3) is 3.60. The van der Waals surface area contributed by atoms with Crippen molar-refractivity contribution in [1.29, 1.82) is 10.5 Å². The van der Waals surface area contributed by atoms with Gasteiger partial charge in [0.2, 0.25) is 10.0 Å². The van der Waals surface area contributed by atoms with Gasteiger partial charge in [0.15, 0.2) is 0 Å². The fourth-order valence-corrected chi connectivity index (χ4v) is 3.88. The van der Waals surface area contributed by atoms with E-state index in [9.17, 15) is 8.42 Å². The van der Waals surface area contributed by atoms with Crippen LogP contribution in [-0.4, -0.2) is 25.8 Å². The summed E-state index contributed by atoms with van der Waals surface area (Å²) in [6, 6.07) is 10.8. The van der Waals surface area contributed by atoms with Crippen molar-refractivity contribution in [1.82, 2.24) is 4.31 Å². The lowest BCUT2D eigenvalue weighted by atomic mass is 9.83. The van der Waals surface area contributed by atoms with Gasteiger partial charge in [0.1, 0.15) is 0 Å². The maximum Gasteiger partial charge on any atom is 0.218 e. The van der Waals surface area contributed by atoms with E-state index >= 15 is 0 Å². The highest BCUT2D eigenvalue weighted by atomic mass is 32.2. The predicted molar refractivity (Wildman–Crippen MR) is 78.3 cm³/mol. The molecule has 0 spiro atoms. The highest BCUT2D eigenvalue weighted by Gasteiger charge is 2.34. The molecule has 5 nitrogen and oxygen atoms in total. The second kappa shape index (κ2) is 5.85. The van der Waals surface area contributed by atoms with E-state index in [1.54, 1.807) is 24.3 Å². The van der Waals surface area contributed by atoms with Crippen LogP contribution in [0.5, 0.6) is 0 Å². The van der Waals surface area contributed by atoms with E-state index < -0.39 is 15.4 Å². The summed E-state index contributed by atoms with van der Waals surface area (Å²) in [6.07, 6.45) is 1.13. The average Bonchev–Trinajstić information content (AvgIpc) is 2.48. The summed E-state index contributed by atoms with van der Waals surface area (Å²) in [5, 5.41) is 17.8. The van der Waals surface area contributed by atoms with Gasteiger partial charge in [-0.05, 0) is 37.5 Å². The lowest BCUT2D eigenvalue weighted by molar-refractivity contribution is 0.232. The lowest BCUT2D eigenvalue weighted by Gasteiger charge is -2.34. The molecule has 0 saturated carbocycles. The lowest BCUT2D eigenvalue weighted by Crippen LogP contribution is -2.42. The monoisotopic (exact) mass is 303 g/mol. The molecular weight excluding hydrogens is 286 g/mol. The van der Waals surface area contributed by atoms with Crippen LogP contribution in [0.1, 0.15) is 30.9 Å². The van der Waals surface area contributed by atoms with Crippen molar-refractivity contribution in [2.75, 3.05) is 13.1 Å². The van der Waals surface area contributed by atoms with E-state index in [1.165, 1.54) is 4.31 Å². The molecule has 1 aliphatic rings. The molecule has 0 bridgehead atoms. The van der Waals surface area contributed by atoms with E-state index in [4.69, 9.17) is 10.5 Å². The van der Waals surface area contributed by atoms with E-state index in [2.05, 4.69) is 6.07 Å². The summed E-state index contributed by atoms with van der Waals surface area (Å²) in [6.45, 7) is 2.66. The van der Waals surface area contributed by atoms with Crippen LogP contribution in [-0.2, 0) is 15.8 Å². The highest BCUT2D eigenvalue weighted by molar-refractivity contribution is 7.88. The van der Waals surface area contributed by atoms with Crippen molar-refractivity contribution < 1.29 is 8.42 Å². The molecule has 1 aliphatic heterocycles. The summed E-state index contributed by atoms with van der Waals surface area (Å²) in [5.74, 6) is -0.0675. The standard InChI is InChI=1S/C15H17N3O2S/c1-15(12-17)6-8-18(9-7-15)21(19,20)11-14-4-2-13(10-16)3-5-14/h2-5H,6-9,11H2,1H3. The fourth-order valence-electron chi connectivity index (χ4n) is 2.35. The molecular formula is C15H17N3O2S. The molecule has 0 atom stereocenters. The van der Waals surface area contributed by atoms with Crippen LogP contribution < -0.4 is 0 Å². The quantitative estimate of drug-likeness (QED) is 0.855. The third-order valence-corrected chi connectivity index (χ3v) is 5.77. The Balaban J connectivity index is 2.06. The van der Waals surface area contributed by atoms with E-state index in [-0.39, 0.29) is 5.75 Å². The summed E-state index contributed by atoms with van der Waals surface area (Å²) in [7, 11) is -3.37. The molecule has 0 N–H and O–H groups in total. The summed E-state index contributed by atoms with van der Waals surface area (Å²) < 4.78 is 26.2. The molecule has 2 rings (SSSR count). The maximum atomic E-state index is 12.4. The molecule has 0 amide bonds. The van der Waals surface area contributed by atoms with Gasteiger partial charge >= 0.3 is 0 Å². The second-order valence-electron chi connectivity index (χ2n) is 5.64. The first-order valence-electron chi connectivity index (χ1n) is 6.77. The Bertz CT molecular complexity index is 688. The highest BCUT2D eigenvalue weighted by Crippen LogP contribution is 2.31. The Morgan fingerprint density at radius 3 is 2.24 bits per heavy atom. The molecule has 1 aromatic rings. The van der Waals surface area contributed by atoms with E-state index in [1.807, 2.05) is 13.0 Å². The van der Waals surface area contributed by atoms with Crippen LogP contribution in [0.3, 0.4) is 0 Å². The summed E-state index contributed by atoms with van der Waals surface area (Å²) in [5.41, 5.74) is 0.766. The molecule has 0 aromatic heterocycles. The van der Waals surface area contributed by atoms with Crippen molar-refractivity contribution in [3.63, 3.8) is 0 Å². The van der Waals surface area contributed by atoms with Gasteiger partial charge in [-0.3, -0.25) is 0 Å². The summed E-state index contributed by atoms with van der Waals surface area (Å²) in [4.78, 5) is 0. The van der Waals surface area contributed by atoms with Gasteiger partial charge in [0.05, 0.1) is 28.9 Å². The smallest absolute Gasteiger partial charge is 0.212 e. The molecule has 1 aromatic carbocycles. The van der Waals surface area contributed by atoms with Gasteiger partial charge in [0.25, 0.3) is 0 Å². The maximum absolute atomic E-state index is 12.4. The number of nitrogens with zero attached hydrogens (tertiary/aromatic N) is 3. The molecule has 0 unspecified atom stereocenters. The Morgan fingerprint density at radius 1 is 1.19 bits per heavy atom. The normalized spacial score (nSPS) is 18.6. The number of piperidine rings is 1. The summed E-state index contributed by atoms with van der Waals surface area (Å²) >= 11 is 0. The zero-order valence-corrected chi connectivity index (χ0v) is 12.7. The number of hydrogen-bond acceptors (Lipinski definition) is 4. The van der Waals surface area contributed by atoms with Gasteiger partial charge in [-0.2, -0.15) is 10.5 Å². The first-order chi connectivity index (χ1) is 9.88. The third-order valence-electron chi connectivity index (χ3n) is 3.92. The molecule has 0 aliphatic carbocycles. The molecule has 21 heavy (non-hydrogen) atoms. The molecule has 6 heteroatoms. The van der Waals surface area contributed by atoms with Crippen LogP contribution in [0.4, 0.5) is 0 Å². The van der Waals surface area contributed by atoms with Crippen LogP contribution in [0.15, 0.2) is 24.3 Å². The van der Waals surface area contributed by atoms with Crippen molar-refractivity contribution in [3.8, 4) is 12.1 Å². The van der Waals surface area contributed by atoms with Crippen molar-refractivity contribution in [2.24, 2.45) is 5.41 Å². The fraction of sp³-hybridized carbons (Fsp3) is 0.467. The molecule has 1 heterocycles. The largest absolute Gasteiger partial charge is 0.218 e. The van der Waals surface area contributed by atoms with Crippen LogP contribution in [0.25, 0.3) is 0 Å². The number of benzene rings is 1. The zero-order valence-electron chi connectivity index (χ0n) is 11.9. The van der Waals surface area contributed by atoms with Crippen LogP contribution in [0, 0.1) is 28.1 Å². The van der Waals surface area contributed by atoms with Gasteiger partial charge in [-0.15, -0.1) is 0 Å². The van der Waals surface area contributed by atoms with Gasteiger partial charge < -0.3 is 0 Å². The van der Waals surface area contributed by atoms with Gasteiger partial charge in [-0.1, -0.05) is 12.1 Å². The van der Waals surface area contributed by atoms with E-state index in [0.29, 0.717) is 37.1 Å². The average molecular weight is 303 g/mol. The van der Waals surface area contributed by atoms with Crippen molar-refractivity contribution >= 4 is 10.0 Å². The molecule has 110 valence electrons. The van der Waals surface area contributed by atoms with Gasteiger partial charge in [-0.25, -0.2) is 12.7 Å². The Morgan fingerprint density at radius 2 is 1.76 bits per heavy atom. The Labute approximate surface area is 125 Å². The first kappa shape index (κ1) is 15.5. The number of sulfonamides is 1. The second-order valence-corrected chi connectivity index (χ2v) is 7.61. The van der Waals surface area contributed by atoms with Gasteiger partial charge in [0, 0.05) is 13.1 Å². The van der Waals surface area contributed by atoms with Crippen LogP contribution in [0.2, 0.25) is 0 Å². The zero-order chi connectivity index (χ0) is 15.5. The molecule has 0 radical (unpaired) electrons. The predicted octanol–water partition coefficient (Wildman–Crippen LogP) is 2.01. The topological polar surface area (TPSA) is 85.0 Å². The molecule has 1 saturated heterocycles. The number of hydrogen-bond donors (Lipinski definition) is 0. The minimum Gasteiger partial charge on any atom is -0.212 e. The number of nitriles is 2. The minimum absolute atomic E-state index is 0.0675. The first-order valence-corrected chi connectivity index (χ1v) is 8.38. The Kier molecular flexibility index (Phi) is 4.32. The van der Waals surface area contributed by atoms with Crippen molar-refractivity contribution in [2.45, 2.75) is 25.5 Å². The SMILES string of the molecule is CC1(C#N)CCN(S(=O)(=O)Cc2ccc(C#N)cc2)CC1. The molecule has 1 fully saturated rings.